The van der Waals surface area contributed by atoms with Gasteiger partial charge in [0.1, 0.15) is 53.4 Å². The van der Waals surface area contributed by atoms with Gasteiger partial charge in [-0.15, -0.1) is 6.42 Å². The van der Waals surface area contributed by atoms with Crippen molar-refractivity contribution in [3.63, 3.8) is 0 Å². The van der Waals surface area contributed by atoms with Gasteiger partial charge in [-0.3, -0.25) is 4.90 Å². The Bertz CT molecular complexity index is 1970. The molecule has 3 saturated heterocycles. The molecule has 2 aromatic carbocycles. The van der Waals surface area contributed by atoms with Crippen LogP contribution in [0.4, 0.5) is 19.0 Å². The predicted octanol–water partition coefficient (Wildman–Crippen LogP) is 5.04. The van der Waals surface area contributed by atoms with E-state index in [1.165, 1.54) is 24.3 Å². The van der Waals surface area contributed by atoms with E-state index >= 15 is 4.39 Å². The van der Waals surface area contributed by atoms with Gasteiger partial charge in [0.25, 0.3) is 0 Å². The molecule has 250 valence electrons. The van der Waals surface area contributed by atoms with E-state index in [0.29, 0.717) is 30.7 Å². The second-order valence-corrected chi connectivity index (χ2v) is 13.2. The van der Waals surface area contributed by atoms with Crippen LogP contribution in [0.2, 0.25) is 0 Å². The van der Waals surface area contributed by atoms with Crippen LogP contribution >= 0.6 is 0 Å². The zero-order valence-electron chi connectivity index (χ0n) is 26.4. The molecule has 6 heterocycles. The number of nitrogens with one attached hydrogen (secondary N) is 1. The maximum absolute atomic E-state index is 17.1. The molecule has 0 bridgehead atoms. The fourth-order valence-electron chi connectivity index (χ4n) is 8.16. The number of ether oxygens (including phenoxy) is 2. The molecule has 1 unspecified atom stereocenters. The van der Waals surface area contributed by atoms with Gasteiger partial charge in [0.2, 0.25) is 5.88 Å². The van der Waals surface area contributed by atoms with Gasteiger partial charge in [-0.2, -0.15) is 15.4 Å². The highest BCUT2D eigenvalue weighted by Crippen LogP contribution is 2.45. The van der Waals surface area contributed by atoms with Crippen molar-refractivity contribution in [1.29, 1.82) is 0 Å². The zero-order chi connectivity index (χ0) is 33.2. The largest absolute Gasteiger partial charge is 0.508 e. The molecule has 10 nitrogen and oxygen atoms in total. The average Bonchev–Trinajstić information content (AvgIpc) is 3.46. The summed E-state index contributed by atoms with van der Waals surface area (Å²) in [5.41, 5.74) is 2.26. The molecule has 2 N–H and O–H groups in total. The van der Waals surface area contributed by atoms with Crippen molar-refractivity contribution in [3.8, 4) is 41.2 Å². The minimum absolute atomic E-state index is 0.0466. The third-order valence-corrected chi connectivity index (χ3v) is 10.3. The summed E-state index contributed by atoms with van der Waals surface area (Å²) in [5.74, 6) is 1.19. The van der Waals surface area contributed by atoms with E-state index in [1.807, 2.05) is 0 Å². The second kappa shape index (κ2) is 11.9. The summed E-state index contributed by atoms with van der Waals surface area (Å²) in [4.78, 5) is 23.6. The number of pyridine rings is 1. The molecule has 0 radical (unpaired) electrons. The van der Waals surface area contributed by atoms with Gasteiger partial charge in [0.05, 0.1) is 24.3 Å². The van der Waals surface area contributed by atoms with Gasteiger partial charge in [-0.25, -0.2) is 18.2 Å². The highest BCUT2D eigenvalue weighted by Gasteiger charge is 2.49. The number of phenols is 1. The topological polar surface area (TPSA) is 105 Å². The van der Waals surface area contributed by atoms with E-state index < -0.39 is 23.3 Å². The van der Waals surface area contributed by atoms with Crippen molar-refractivity contribution in [2.75, 3.05) is 44.9 Å². The van der Waals surface area contributed by atoms with Crippen LogP contribution in [0.3, 0.4) is 0 Å². The molecular weight excluding hydrogens is 625 g/mol. The monoisotopic (exact) mass is 660 g/mol. The van der Waals surface area contributed by atoms with E-state index in [1.54, 1.807) is 7.11 Å². The first-order valence-corrected chi connectivity index (χ1v) is 16.3. The van der Waals surface area contributed by atoms with Crippen LogP contribution in [-0.4, -0.2) is 88.7 Å². The summed E-state index contributed by atoms with van der Waals surface area (Å²) in [7, 11) is 1.57. The molecule has 0 amide bonds. The van der Waals surface area contributed by atoms with Crippen LogP contribution < -0.4 is 19.9 Å². The Morgan fingerprint density at radius 1 is 1.15 bits per heavy atom. The maximum Gasteiger partial charge on any atom is 0.319 e. The molecule has 48 heavy (non-hydrogen) atoms. The maximum atomic E-state index is 17.1. The van der Waals surface area contributed by atoms with Crippen LogP contribution in [0.15, 0.2) is 24.3 Å². The van der Waals surface area contributed by atoms with Crippen molar-refractivity contribution >= 4 is 27.5 Å². The second-order valence-electron chi connectivity index (χ2n) is 13.2. The number of terminal acetylenes is 1. The number of hydroxylamine groups is 1. The van der Waals surface area contributed by atoms with Crippen molar-refractivity contribution in [2.24, 2.45) is 0 Å². The van der Waals surface area contributed by atoms with Crippen LogP contribution in [0.25, 0.3) is 32.9 Å². The number of fused-ring (bicyclic) bond motifs is 4. The number of benzene rings is 2. The number of aromatic hydroxyl groups is 1. The molecule has 0 saturated carbocycles. The number of halogens is 3. The van der Waals surface area contributed by atoms with E-state index in [0.717, 1.165) is 38.6 Å². The van der Waals surface area contributed by atoms with Gasteiger partial charge in [0.15, 0.2) is 5.82 Å². The van der Waals surface area contributed by atoms with Gasteiger partial charge in [0, 0.05) is 36.5 Å². The molecule has 3 fully saturated rings. The number of hydrogen-bond acceptors (Lipinski definition) is 10. The molecule has 0 aliphatic carbocycles. The van der Waals surface area contributed by atoms with Gasteiger partial charge >= 0.3 is 6.01 Å². The molecule has 4 aliphatic heterocycles. The fourth-order valence-corrected chi connectivity index (χ4v) is 8.16. The van der Waals surface area contributed by atoms with E-state index in [4.69, 9.17) is 25.7 Å². The molecular formula is C35H35F3N6O4. The van der Waals surface area contributed by atoms with Crippen LogP contribution in [0.5, 0.6) is 17.6 Å². The Morgan fingerprint density at radius 2 is 2.02 bits per heavy atom. The minimum Gasteiger partial charge on any atom is -0.508 e. The smallest absolute Gasteiger partial charge is 0.319 e. The molecule has 8 rings (SSSR count). The van der Waals surface area contributed by atoms with Gasteiger partial charge in [-0.05, 0) is 62.2 Å². The van der Waals surface area contributed by atoms with Gasteiger partial charge < -0.3 is 24.3 Å². The van der Waals surface area contributed by atoms with Crippen molar-refractivity contribution in [1.82, 2.24) is 25.3 Å². The van der Waals surface area contributed by atoms with Crippen molar-refractivity contribution < 1.29 is 32.6 Å². The number of nitrogens with zero attached hydrogens (tertiary/aromatic N) is 5. The predicted molar refractivity (Wildman–Crippen MR) is 173 cm³/mol. The Morgan fingerprint density at radius 3 is 2.85 bits per heavy atom. The fraction of sp³-hybridized carbons (Fsp3) is 0.457. The molecule has 4 aromatic rings. The number of alkyl halides is 1. The summed E-state index contributed by atoms with van der Waals surface area (Å²) in [6.45, 7) is 2.03. The van der Waals surface area contributed by atoms with E-state index in [9.17, 15) is 13.9 Å². The third-order valence-electron chi connectivity index (χ3n) is 10.3. The Hall–Kier alpha value is -4.38. The first kappa shape index (κ1) is 30.9. The SMILES string of the molecule is C#Cc1c(F)ccc2cc(O)cc(-c3nc4c5c(nc(OC[C@@]67CCCN6C[C@H](F)C7)nc5c3F)N3CC(NOC)CCC[C@H]3CO4)c12. The van der Waals surface area contributed by atoms with Crippen molar-refractivity contribution in [2.45, 2.75) is 62.3 Å². The number of anilines is 1. The molecule has 4 atom stereocenters. The van der Waals surface area contributed by atoms with Crippen LogP contribution in [0, 0.1) is 24.0 Å². The summed E-state index contributed by atoms with van der Waals surface area (Å²) >= 11 is 0. The lowest BCUT2D eigenvalue weighted by Crippen LogP contribution is -2.45. The number of aromatic nitrogens is 3. The number of phenolic OH excluding ortho intramolecular Hbond substituents is 1. The minimum atomic E-state index is -0.945. The average molecular weight is 661 g/mol. The molecule has 0 spiro atoms. The van der Waals surface area contributed by atoms with Crippen molar-refractivity contribution in [3.05, 3.63) is 41.5 Å². The summed E-state index contributed by atoms with van der Waals surface area (Å²) in [5, 5.41) is 11.6. The van der Waals surface area contributed by atoms with Crippen LogP contribution in [0.1, 0.15) is 44.1 Å². The lowest BCUT2D eigenvalue weighted by Gasteiger charge is -2.32. The van der Waals surface area contributed by atoms with Crippen LogP contribution in [-0.2, 0) is 4.84 Å². The first-order chi connectivity index (χ1) is 23.3. The summed E-state index contributed by atoms with van der Waals surface area (Å²) in [6.07, 6.45) is 9.34. The first-order valence-electron chi connectivity index (χ1n) is 16.3. The Kier molecular flexibility index (Phi) is 7.69. The number of hydrogen-bond donors (Lipinski definition) is 2. The quantitative estimate of drug-likeness (QED) is 0.216. The zero-order valence-corrected chi connectivity index (χ0v) is 26.4. The molecule has 4 aliphatic rings. The molecule has 2 aromatic heterocycles. The lowest BCUT2D eigenvalue weighted by molar-refractivity contribution is 0.0607. The Balaban J connectivity index is 1.33. The standard InChI is InChI=1S/C35H35F3N6O4/c1-3-24-26(37)9-8-19-12-23(45)13-25(27(19)24)30-29(38)31-28-32(41-34(40-31)48-18-35-10-5-11-43(35)15-20(36)14-35)44-16-21(42-46-2)6-4-7-22(44)17-47-33(28)39-30/h1,8-9,12-13,20-22,42,45H,4-7,10-11,14-18H2,2H3/t20-,21?,22+,35+/m1/s1. The lowest BCUT2D eigenvalue weighted by atomic mass is 9.95. The molecule has 13 heteroatoms. The third kappa shape index (κ3) is 5.05. The Labute approximate surface area is 275 Å². The van der Waals surface area contributed by atoms with E-state index in [-0.39, 0.29) is 76.0 Å². The number of rotatable bonds is 6. The highest BCUT2D eigenvalue weighted by atomic mass is 19.1. The highest BCUT2D eigenvalue weighted by molar-refractivity contribution is 6.04. The summed E-state index contributed by atoms with van der Waals surface area (Å²) in [6, 6.07) is 5.17. The van der Waals surface area contributed by atoms with E-state index in [2.05, 4.69) is 31.2 Å². The van der Waals surface area contributed by atoms with Gasteiger partial charge in [-0.1, -0.05) is 12.0 Å². The normalized spacial score (nSPS) is 25.3. The summed E-state index contributed by atoms with van der Waals surface area (Å²) < 4.78 is 59.2.